The molecule has 1 N–H and O–H groups in total. The van der Waals surface area contributed by atoms with Crippen LogP contribution in [0.2, 0.25) is 10.0 Å². The molecule has 0 bridgehead atoms. The quantitative estimate of drug-likeness (QED) is 0.817. The van der Waals surface area contributed by atoms with Crippen LogP contribution in [0.4, 0.5) is 0 Å². The van der Waals surface area contributed by atoms with Crippen LogP contribution in [0, 0.1) is 0 Å². The topological polar surface area (TPSA) is 37.8 Å². The van der Waals surface area contributed by atoms with Crippen LogP contribution >= 0.6 is 34.5 Å². The largest absolute Gasteiger partial charge is 0.317 e. The van der Waals surface area contributed by atoms with Crippen molar-refractivity contribution in [3.63, 3.8) is 0 Å². The van der Waals surface area contributed by atoms with Gasteiger partial charge in [0.2, 0.25) is 0 Å². The molecule has 0 radical (unpaired) electrons. The summed E-state index contributed by atoms with van der Waals surface area (Å²) in [6.07, 6.45) is 1.98. The lowest BCUT2D eigenvalue weighted by Crippen LogP contribution is -2.14. The van der Waals surface area contributed by atoms with E-state index in [2.05, 4.69) is 22.4 Å². The van der Waals surface area contributed by atoms with Crippen LogP contribution in [0.1, 0.15) is 18.4 Å². The Morgan fingerprint density at radius 2 is 1.95 bits per heavy atom. The van der Waals surface area contributed by atoms with Crippen LogP contribution in [0.25, 0.3) is 10.6 Å². The van der Waals surface area contributed by atoms with Gasteiger partial charge in [0.05, 0.1) is 10.0 Å². The van der Waals surface area contributed by atoms with Crippen molar-refractivity contribution < 1.29 is 0 Å². The molecule has 0 aliphatic rings. The van der Waals surface area contributed by atoms with Crippen molar-refractivity contribution in [2.75, 3.05) is 13.1 Å². The molecule has 0 atom stereocenters. The van der Waals surface area contributed by atoms with Crippen molar-refractivity contribution in [3.05, 3.63) is 33.3 Å². The van der Waals surface area contributed by atoms with Crippen LogP contribution < -0.4 is 5.32 Å². The Kier molecular flexibility index (Phi) is 5.58. The highest BCUT2D eigenvalue weighted by Crippen LogP contribution is 2.36. The number of aromatic nitrogens is 2. The van der Waals surface area contributed by atoms with E-state index in [1.165, 1.54) is 0 Å². The Morgan fingerprint density at radius 3 is 2.63 bits per heavy atom. The van der Waals surface area contributed by atoms with Crippen molar-refractivity contribution in [2.45, 2.75) is 19.8 Å². The summed E-state index contributed by atoms with van der Waals surface area (Å²) >= 11 is 13.9. The first-order valence-electron chi connectivity index (χ1n) is 6.20. The zero-order chi connectivity index (χ0) is 13.7. The summed E-state index contributed by atoms with van der Waals surface area (Å²) in [5.74, 6) is 0. The lowest BCUT2D eigenvalue weighted by molar-refractivity contribution is 0.669. The van der Waals surface area contributed by atoms with Crippen LogP contribution in [0.5, 0.6) is 0 Å². The van der Waals surface area contributed by atoms with E-state index in [0.29, 0.717) is 10.0 Å². The second-order valence-corrected chi connectivity index (χ2v) is 5.93. The highest BCUT2D eigenvalue weighted by atomic mass is 35.5. The van der Waals surface area contributed by atoms with Gasteiger partial charge in [0.1, 0.15) is 5.01 Å². The van der Waals surface area contributed by atoms with E-state index >= 15 is 0 Å². The Bertz CT molecular complexity index is 522. The van der Waals surface area contributed by atoms with Gasteiger partial charge in [-0.25, -0.2) is 0 Å². The third kappa shape index (κ3) is 3.89. The molecule has 0 aliphatic carbocycles. The van der Waals surface area contributed by atoms with Crippen molar-refractivity contribution in [2.24, 2.45) is 0 Å². The molecule has 0 unspecified atom stereocenters. The number of rotatable bonds is 6. The average molecular weight is 316 g/mol. The van der Waals surface area contributed by atoms with Crippen molar-refractivity contribution in [3.8, 4) is 10.6 Å². The van der Waals surface area contributed by atoms with Crippen LogP contribution in [-0.4, -0.2) is 23.3 Å². The number of hydrogen-bond donors (Lipinski definition) is 1. The second-order valence-electron chi connectivity index (χ2n) is 4.05. The second kappa shape index (κ2) is 7.20. The molecule has 1 aromatic heterocycles. The van der Waals surface area contributed by atoms with Gasteiger partial charge >= 0.3 is 0 Å². The molecule has 0 saturated heterocycles. The van der Waals surface area contributed by atoms with Crippen LogP contribution in [0.3, 0.4) is 0 Å². The van der Waals surface area contributed by atoms with E-state index in [4.69, 9.17) is 23.2 Å². The van der Waals surface area contributed by atoms with Gasteiger partial charge in [-0.3, -0.25) is 0 Å². The summed E-state index contributed by atoms with van der Waals surface area (Å²) < 4.78 is 0. The molecule has 1 aromatic carbocycles. The minimum Gasteiger partial charge on any atom is -0.317 e. The Morgan fingerprint density at radius 1 is 1.21 bits per heavy atom. The normalized spacial score (nSPS) is 10.9. The highest BCUT2D eigenvalue weighted by molar-refractivity contribution is 7.14. The maximum atomic E-state index is 6.16. The van der Waals surface area contributed by atoms with E-state index in [-0.39, 0.29) is 0 Å². The molecule has 2 rings (SSSR count). The maximum Gasteiger partial charge on any atom is 0.150 e. The fourth-order valence-electron chi connectivity index (χ4n) is 1.70. The molecule has 0 aliphatic heterocycles. The predicted octanol–water partition coefficient (Wildman–Crippen LogP) is 4.05. The van der Waals surface area contributed by atoms with E-state index in [9.17, 15) is 0 Å². The van der Waals surface area contributed by atoms with Crippen LogP contribution in [-0.2, 0) is 6.42 Å². The molecule has 2 aromatic rings. The number of nitrogens with one attached hydrogen (secondary N) is 1. The molecule has 0 amide bonds. The summed E-state index contributed by atoms with van der Waals surface area (Å²) in [4.78, 5) is 0. The lowest BCUT2D eigenvalue weighted by Gasteiger charge is -2.01. The molecule has 0 fully saturated rings. The molecule has 19 heavy (non-hydrogen) atoms. The Labute approximate surface area is 127 Å². The number of nitrogens with zero attached hydrogens (tertiary/aromatic N) is 2. The molecule has 3 nitrogen and oxygen atoms in total. The molecular weight excluding hydrogens is 301 g/mol. The number of benzene rings is 1. The van der Waals surface area contributed by atoms with Crippen molar-refractivity contribution >= 4 is 34.5 Å². The first-order chi connectivity index (χ1) is 9.22. The number of halogens is 2. The summed E-state index contributed by atoms with van der Waals surface area (Å²) in [5, 5.41) is 14.7. The van der Waals surface area contributed by atoms with Gasteiger partial charge < -0.3 is 5.32 Å². The molecule has 0 saturated carbocycles. The van der Waals surface area contributed by atoms with Gasteiger partial charge in [-0.05, 0) is 31.6 Å². The molecular formula is C13H15Cl2N3S. The first-order valence-corrected chi connectivity index (χ1v) is 7.77. The number of hydrogen-bond acceptors (Lipinski definition) is 4. The third-order valence-electron chi connectivity index (χ3n) is 2.64. The predicted molar refractivity (Wildman–Crippen MR) is 82.2 cm³/mol. The first kappa shape index (κ1) is 14.7. The van der Waals surface area contributed by atoms with Crippen molar-refractivity contribution in [1.29, 1.82) is 0 Å². The van der Waals surface area contributed by atoms with E-state index in [0.717, 1.165) is 41.5 Å². The molecule has 102 valence electrons. The zero-order valence-electron chi connectivity index (χ0n) is 10.6. The summed E-state index contributed by atoms with van der Waals surface area (Å²) in [6, 6.07) is 5.45. The fraction of sp³-hybridized carbons (Fsp3) is 0.385. The van der Waals surface area contributed by atoms with Gasteiger partial charge in [-0.2, -0.15) is 0 Å². The smallest absolute Gasteiger partial charge is 0.150 e. The van der Waals surface area contributed by atoms with E-state index in [1.807, 2.05) is 18.2 Å². The standard InChI is InChI=1S/C13H15Cl2N3S/c1-2-16-8-4-7-11-17-18-13(19-11)12-9(14)5-3-6-10(12)15/h3,5-6,16H,2,4,7-8H2,1H3. The molecule has 1 heterocycles. The summed E-state index contributed by atoms with van der Waals surface area (Å²) in [7, 11) is 0. The average Bonchev–Trinajstić information content (AvgIpc) is 2.83. The van der Waals surface area contributed by atoms with Gasteiger partial charge in [-0.1, -0.05) is 47.5 Å². The van der Waals surface area contributed by atoms with E-state index < -0.39 is 0 Å². The summed E-state index contributed by atoms with van der Waals surface area (Å²) in [5.41, 5.74) is 0.779. The minimum atomic E-state index is 0.614. The van der Waals surface area contributed by atoms with Gasteiger partial charge in [0.25, 0.3) is 0 Å². The Balaban J connectivity index is 2.08. The van der Waals surface area contributed by atoms with Crippen LogP contribution in [0.15, 0.2) is 18.2 Å². The molecule has 6 heteroatoms. The maximum absolute atomic E-state index is 6.16. The Hall–Kier alpha value is -0.680. The fourth-order valence-corrected chi connectivity index (χ4v) is 3.34. The highest BCUT2D eigenvalue weighted by Gasteiger charge is 2.13. The van der Waals surface area contributed by atoms with E-state index in [1.54, 1.807) is 11.3 Å². The lowest BCUT2D eigenvalue weighted by atomic mass is 10.2. The minimum absolute atomic E-state index is 0.614. The molecule has 0 spiro atoms. The monoisotopic (exact) mass is 315 g/mol. The SMILES string of the molecule is CCNCCCc1nnc(-c2c(Cl)cccc2Cl)s1. The third-order valence-corrected chi connectivity index (χ3v) is 4.27. The number of aryl methyl sites for hydroxylation is 1. The van der Waals surface area contributed by atoms with Gasteiger partial charge in [0, 0.05) is 12.0 Å². The van der Waals surface area contributed by atoms with Gasteiger partial charge in [-0.15, -0.1) is 10.2 Å². The zero-order valence-corrected chi connectivity index (χ0v) is 12.9. The van der Waals surface area contributed by atoms with Crippen molar-refractivity contribution in [1.82, 2.24) is 15.5 Å². The van der Waals surface area contributed by atoms with Gasteiger partial charge in [0.15, 0.2) is 5.01 Å². The summed E-state index contributed by atoms with van der Waals surface area (Å²) in [6.45, 7) is 4.09.